The summed E-state index contributed by atoms with van der Waals surface area (Å²) in [6, 6.07) is 19.2. The molecule has 0 saturated carbocycles. The van der Waals surface area contributed by atoms with Crippen LogP contribution in [0.25, 0.3) is 11.1 Å². The molecule has 0 heterocycles. The second kappa shape index (κ2) is 6.35. The third kappa shape index (κ3) is 2.94. The Morgan fingerprint density at radius 3 is 1.67 bits per heavy atom. The van der Waals surface area contributed by atoms with Gasteiger partial charge in [-0.2, -0.15) is 8.42 Å². The van der Waals surface area contributed by atoms with Crippen LogP contribution in [-0.4, -0.2) is 14.1 Å². The largest absolute Gasteiger partial charge is 0.359 e. The van der Waals surface area contributed by atoms with Crippen LogP contribution in [0.15, 0.2) is 70.7 Å². The minimum atomic E-state index is -4.02. The van der Waals surface area contributed by atoms with Gasteiger partial charge < -0.3 is 0 Å². The highest BCUT2D eigenvalue weighted by molar-refractivity contribution is 7.86. The lowest BCUT2D eigenvalue weighted by Gasteiger charge is -2.10. The summed E-state index contributed by atoms with van der Waals surface area (Å²) in [6.45, 7) is 5.47. The number of hydrogen-bond donors (Lipinski definition) is 0. The SMILES string of the molecule is Cc1cc(C)c(S(=O)(=O)ON=C2c3ccccc3-c3ccccc32)c(C)c1. The van der Waals surface area contributed by atoms with Gasteiger partial charge in [-0.1, -0.05) is 71.4 Å². The van der Waals surface area contributed by atoms with Crippen molar-refractivity contribution >= 4 is 15.8 Å². The van der Waals surface area contributed by atoms with Gasteiger partial charge in [0, 0.05) is 11.1 Å². The summed E-state index contributed by atoms with van der Waals surface area (Å²) in [5, 5.41) is 4.09. The summed E-state index contributed by atoms with van der Waals surface area (Å²) in [5.41, 5.74) is 6.63. The Balaban J connectivity index is 1.80. The standard InChI is InChI=1S/C22H19NO3S/c1-14-12-15(2)22(16(3)13-14)27(24,25)26-23-21-19-10-6-4-8-17(19)18-9-5-7-11-20(18)21/h4-13H,1-3H3. The van der Waals surface area contributed by atoms with E-state index < -0.39 is 10.1 Å². The second-order valence-corrected chi connectivity index (χ2v) is 8.25. The van der Waals surface area contributed by atoms with Crippen LogP contribution in [0.2, 0.25) is 0 Å². The molecule has 0 saturated heterocycles. The first-order valence-corrected chi connectivity index (χ1v) is 10.1. The fourth-order valence-electron chi connectivity index (χ4n) is 3.78. The molecule has 3 aromatic rings. The van der Waals surface area contributed by atoms with Gasteiger partial charge in [-0.15, -0.1) is 0 Å². The number of aryl methyl sites for hydroxylation is 3. The first-order chi connectivity index (χ1) is 12.9. The van der Waals surface area contributed by atoms with Gasteiger partial charge in [0.2, 0.25) is 0 Å². The van der Waals surface area contributed by atoms with E-state index in [2.05, 4.69) is 5.16 Å². The van der Waals surface area contributed by atoms with Gasteiger partial charge in [0.1, 0.15) is 10.6 Å². The Hall–Kier alpha value is -2.92. The zero-order valence-electron chi connectivity index (χ0n) is 15.4. The third-order valence-electron chi connectivity index (χ3n) is 4.74. The highest BCUT2D eigenvalue weighted by Crippen LogP contribution is 2.37. The molecule has 1 aliphatic carbocycles. The minimum absolute atomic E-state index is 0.178. The molecule has 0 unspecified atom stereocenters. The third-order valence-corrected chi connectivity index (χ3v) is 6.15. The number of benzene rings is 3. The fraction of sp³-hybridized carbons (Fsp3) is 0.136. The van der Waals surface area contributed by atoms with Gasteiger partial charge in [-0.05, 0) is 43.0 Å². The van der Waals surface area contributed by atoms with Gasteiger partial charge in [0.15, 0.2) is 0 Å². The molecular weight excluding hydrogens is 358 g/mol. The summed E-state index contributed by atoms with van der Waals surface area (Å²) >= 11 is 0. The molecule has 4 nitrogen and oxygen atoms in total. The Morgan fingerprint density at radius 2 is 1.19 bits per heavy atom. The lowest BCUT2D eigenvalue weighted by Crippen LogP contribution is -2.09. The Kier molecular flexibility index (Phi) is 4.12. The summed E-state index contributed by atoms with van der Waals surface area (Å²) in [6.07, 6.45) is 0. The van der Waals surface area contributed by atoms with Crippen LogP contribution in [0.5, 0.6) is 0 Å². The molecule has 0 atom stereocenters. The van der Waals surface area contributed by atoms with Crippen LogP contribution in [0.1, 0.15) is 27.8 Å². The average molecular weight is 377 g/mol. The molecule has 0 aliphatic heterocycles. The van der Waals surface area contributed by atoms with E-state index in [9.17, 15) is 8.42 Å². The number of fused-ring (bicyclic) bond motifs is 3. The highest BCUT2D eigenvalue weighted by Gasteiger charge is 2.27. The van der Waals surface area contributed by atoms with Crippen LogP contribution >= 0.6 is 0 Å². The quantitative estimate of drug-likeness (QED) is 0.484. The molecular formula is C22H19NO3S. The first-order valence-electron chi connectivity index (χ1n) is 8.67. The van der Waals surface area contributed by atoms with Gasteiger partial charge in [-0.3, -0.25) is 4.28 Å². The smallest absolute Gasteiger partial charge is 0.264 e. The molecule has 0 spiro atoms. The van der Waals surface area contributed by atoms with Crippen molar-refractivity contribution in [3.8, 4) is 11.1 Å². The van der Waals surface area contributed by atoms with Crippen molar-refractivity contribution in [3.63, 3.8) is 0 Å². The van der Waals surface area contributed by atoms with E-state index in [1.165, 1.54) is 0 Å². The van der Waals surface area contributed by atoms with Crippen LogP contribution in [0.3, 0.4) is 0 Å². The Bertz CT molecular complexity index is 1120. The van der Waals surface area contributed by atoms with Gasteiger partial charge in [0.25, 0.3) is 0 Å². The summed E-state index contributed by atoms with van der Waals surface area (Å²) in [5.74, 6) is 0. The predicted molar refractivity (Wildman–Crippen MR) is 106 cm³/mol. The van der Waals surface area contributed by atoms with Crippen molar-refractivity contribution in [3.05, 3.63) is 88.5 Å². The maximum absolute atomic E-state index is 12.8. The minimum Gasteiger partial charge on any atom is -0.264 e. The van der Waals surface area contributed by atoms with E-state index in [-0.39, 0.29) is 4.90 Å². The number of nitrogens with zero attached hydrogens (tertiary/aromatic N) is 1. The zero-order chi connectivity index (χ0) is 19.2. The van der Waals surface area contributed by atoms with Gasteiger partial charge >= 0.3 is 10.1 Å². The highest BCUT2D eigenvalue weighted by atomic mass is 32.2. The summed E-state index contributed by atoms with van der Waals surface area (Å²) < 4.78 is 30.8. The molecule has 0 N–H and O–H groups in total. The maximum Gasteiger partial charge on any atom is 0.359 e. The number of rotatable bonds is 3. The maximum atomic E-state index is 12.8. The topological polar surface area (TPSA) is 55.7 Å². The van der Waals surface area contributed by atoms with E-state index >= 15 is 0 Å². The molecule has 0 bridgehead atoms. The predicted octanol–water partition coefficient (Wildman–Crippen LogP) is 4.75. The van der Waals surface area contributed by atoms with Crippen molar-refractivity contribution in [1.29, 1.82) is 0 Å². The van der Waals surface area contributed by atoms with Crippen molar-refractivity contribution < 1.29 is 12.7 Å². The van der Waals surface area contributed by atoms with Crippen LogP contribution in [-0.2, 0) is 14.4 Å². The van der Waals surface area contributed by atoms with E-state index in [1.54, 1.807) is 13.8 Å². The van der Waals surface area contributed by atoms with E-state index in [4.69, 9.17) is 4.28 Å². The summed E-state index contributed by atoms with van der Waals surface area (Å²) in [4.78, 5) is 0.178. The Labute approximate surface area is 159 Å². The molecule has 0 amide bonds. The number of hydrogen-bond acceptors (Lipinski definition) is 4. The Morgan fingerprint density at radius 1 is 0.741 bits per heavy atom. The molecule has 0 radical (unpaired) electrons. The van der Waals surface area contributed by atoms with E-state index in [0.717, 1.165) is 27.8 Å². The van der Waals surface area contributed by atoms with Crippen molar-refractivity contribution in [1.82, 2.24) is 0 Å². The molecule has 1 aliphatic rings. The first kappa shape index (κ1) is 17.5. The van der Waals surface area contributed by atoms with Gasteiger partial charge in [0.05, 0.1) is 0 Å². The average Bonchev–Trinajstić information content (AvgIpc) is 2.93. The van der Waals surface area contributed by atoms with Crippen LogP contribution < -0.4 is 0 Å². The lowest BCUT2D eigenvalue weighted by molar-refractivity contribution is 0.339. The molecule has 3 aromatic carbocycles. The van der Waals surface area contributed by atoms with Crippen molar-refractivity contribution in [2.75, 3.05) is 0 Å². The van der Waals surface area contributed by atoms with Crippen LogP contribution in [0.4, 0.5) is 0 Å². The zero-order valence-corrected chi connectivity index (χ0v) is 16.2. The monoisotopic (exact) mass is 377 g/mol. The van der Waals surface area contributed by atoms with E-state index in [0.29, 0.717) is 16.8 Å². The lowest BCUT2D eigenvalue weighted by atomic mass is 10.1. The van der Waals surface area contributed by atoms with Crippen LogP contribution in [0, 0.1) is 20.8 Å². The molecule has 136 valence electrons. The molecule has 5 heteroatoms. The molecule has 0 aromatic heterocycles. The van der Waals surface area contributed by atoms with E-state index in [1.807, 2.05) is 67.6 Å². The second-order valence-electron chi connectivity index (χ2n) is 6.79. The summed E-state index contributed by atoms with van der Waals surface area (Å²) in [7, 11) is -4.02. The van der Waals surface area contributed by atoms with Crippen molar-refractivity contribution in [2.45, 2.75) is 25.7 Å². The van der Waals surface area contributed by atoms with Gasteiger partial charge in [-0.25, -0.2) is 0 Å². The molecule has 0 fully saturated rings. The van der Waals surface area contributed by atoms with Crippen molar-refractivity contribution in [2.24, 2.45) is 5.16 Å². The normalized spacial score (nSPS) is 12.5. The molecule has 4 rings (SSSR count). The number of oxime groups is 1. The molecule has 27 heavy (non-hydrogen) atoms. The fourth-order valence-corrected chi connectivity index (χ4v) is 4.93.